The van der Waals surface area contributed by atoms with Crippen molar-refractivity contribution >= 4 is 21.7 Å². The number of aromatic nitrogens is 2. The summed E-state index contributed by atoms with van der Waals surface area (Å²) >= 11 is 0. The fraction of sp³-hybridized carbons (Fsp3) is 0.182. The monoisotopic (exact) mass is 346 g/mol. The minimum Gasteiger partial charge on any atom is -0.493 e. The van der Waals surface area contributed by atoms with Crippen molar-refractivity contribution in [2.45, 2.75) is 13.8 Å². The zero-order valence-corrected chi connectivity index (χ0v) is 14.2. The molecule has 0 amide bonds. The lowest BCUT2D eigenvalue weighted by Gasteiger charge is -2.12. The lowest BCUT2D eigenvalue weighted by molar-refractivity contribution is 0.356. The van der Waals surface area contributed by atoms with Gasteiger partial charge in [-0.25, -0.2) is 0 Å². The molecule has 132 valence electrons. The van der Waals surface area contributed by atoms with Gasteiger partial charge in [0.15, 0.2) is 11.5 Å². The van der Waals surface area contributed by atoms with E-state index >= 15 is 0 Å². The third kappa shape index (κ3) is 3.18. The zero-order chi connectivity index (χ0) is 17.2. The molecule has 0 N–H and O–H groups in total. The molecule has 26 heavy (non-hydrogen) atoms. The highest BCUT2D eigenvalue weighted by Gasteiger charge is 2.10. The number of pyridine rings is 2. The lowest BCUT2D eigenvalue weighted by atomic mass is 10.0. The molecule has 4 aromatic rings. The predicted octanol–water partition coefficient (Wildman–Crippen LogP) is 5.03. The highest BCUT2D eigenvalue weighted by atomic mass is 16.5. The van der Waals surface area contributed by atoms with Gasteiger partial charge in [0, 0.05) is 35.3 Å². The maximum atomic E-state index is 5.45. The van der Waals surface area contributed by atoms with E-state index in [1.54, 1.807) is 14.2 Å². The van der Waals surface area contributed by atoms with Gasteiger partial charge in [-0.15, -0.1) is 0 Å². The van der Waals surface area contributed by atoms with Gasteiger partial charge in [-0.05, 0) is 35.2 Å². The molecule has 0 bridgehead atoms. The predicted molar refractivity (Wildman–Crippen MR) is 106 cm³/mol. The molecule has 0 radical (unpaired) electrons. The van der Waals surface area contributed by atoms with E-state index in [4.69, 9.17) is 14.5 Å². The molecule has 2 aromatic heterocycles. The molecule has 0 unspecified atom stereocenters. The quantitative estimate of drug-likeness (QED) is 0.520. The molecule has 0 aliphatic carbocycles. The van der Waals surface area contributed by atoms with Crippen molar-refractivity contribution in [3.63, 3.8) is 0 Å². The summed E-state index contributed by atoms with van der Waals surface area (Å²) in [6, 6.07) is 16.3. The largest absolute Gasteiger partial charge is 0.493 e. The van der Waals surface area contributed by atoms with Crippen molar-refractivity contribution in [3.05, 3.63) is 72.2 Å². The summed E-state index contributed by atoms with van der Waals surface area (Å²) in [7, 11) is 3.29. The molecule has 0 spiro atoms. The number of rotatable bonds is 4. The van der Waals surface area contributed by atoms with Crippen LogP contribution in [0, 0.1) is 0 Å². The van der Waals surface area contributed by atoms with Crippen molar-refractivity contribution in [1.29, 1.82) is 0 Å². The third-order valence-corrected chi connectivity index (χ3v) is 4.37. The van der Waals surface area contributed by atoms with Gasteiger partial charge in [-0.1, -0.05) is 31.7 Å². The average molecular weight is 346 g/mol. The van der Waals surface area contributed by atoms with Gasteiger partial charge in [-0.2, -0.15) is 0 Å². The standard InChI is InChI=1S/C21H18N2O2.CH4/c1-24-20-10-16-13-22-12-15(18(16)11-21(20)25-2)9-17-8-7-14-5-3-4-6-19(14)23-17;/h3-8,10-13H,9H2,1-2H3;1H4. The van der Waals surface area contributed by atoms with Crippen molar-refractivity contribution in [2.24, 2.45) is 0 Å². The fourth-order valence-electron chi connectivity index (χ4n) is 3.10. The topological polar surface area (TPSA) is 44.2 Å². The van der Waals surface area contributed by atoms with Crippen molar-refractivity contribution in [1.82, 2.24) is 9.97 Å². The summed E-state index contributed by atoms with van der Waals surface area (Å²) in [5.74, 6) is 1.42. The molecule has 0 saturated heterocycles. The van der Waals surface area contributed by atoms with Gasteiger partial charge < -0.3 is 9.47 Å². The van der Waals surface area contributed by atoms with Crippen LogP contribution in [0.4, 0.5) is 0 Å². The van der Waals surface area contributed by atoms with Gasteiger partial charge in [-0.3, -0.25) is 9.97 Å². The number of fused-ring (bicyclic) bond motifs is 2. The lowest BCUT2D eigenvalue weighted by Crippen LogP contribution is -1.96. The third-order valence-electron chi connectivity index (χ3n) is 4.37. The van der Waals surface area contributed by atoms with E-state index in [-0.39, 0.29) is 7.43 Å². The number of benzene rings is 2. The van der Waals surface area contributed by atoms with Crippen LogP contribution in [0.15, 0.2) is 60.9 Å². The van der Waals surface area contributed by atoms with E-state index in [9.17, 15) is 0 Å². The van der Waals surface area contributed by atoms with Crippen LogP contribution >= 0.6 is 0 Å². The number of methoxy groups -OCH3 is 2. The molecule has 2 aromatic carbocycles. The molecule has 0 aliphatic rings. The van der Waals surface area contributed by atoms with Crippen LogP contribution < -0.4 is 9.47 Å². The average Bonchev–Trinajstić information content (AvgIpc) is 2.67. The van der Waals surface area contributed by atoms with E-state index in [0.29, 0.717) is 17.9 Å². The molecular weight excluding hydrogens is 324 g/mol. The van der Waals surface area contributed by atoms with Gasteiger partial charge in [0.05, 0.1) is 19.7 Å². The summed E-state index contributed by atoms with van der Waals surface area (Å²) in [5.41, 5.74) is 3.14. The Labute approximate surface area is 153 Å². The minimum absolute atomic E-state index is 0. The van der Waals surface area contributed by atoms with E-state index in [1.807, 2.05) is 42.7 Å². The van der Waals surface area contributed by atoms with E-state index < -0.39 is 0 Å². The van der Waals surface area contributed by atoms with Crippen molar-refractivity contribution in [3.8, 4) is 11.5 Å². The van der Waals surface area contributed by atoms with Crippen LogP contribution in [0.3, 0.4) is 0 Å². The van der Waals surface area contributed by atoms with Gasteiger partial charge >= 0.3 is 0 Å². The van der Waals surface area contributed by atoms with Crippen LogP contribution in [-0.4, -0.2) is 24.2 Å². The molecule has 4 rings (SSSR count). The normalized spacial score (nSPS) is 10.5. The summed E-state index contributed by atoms with van der Waals surface area (Å²) in [6.07, 6.45) is 4.45. The molecule has 0 saturated carbocycles. The molecule has 0 atom stereocenters. The second kappa shape index (κ2) is 7.40. The summed E-state index contributed by atoms with van der Waals surface area (Å²) in [6.45, 7) is 0. The Morgan fingerprint density at radius 2 is 1.62 bits per heavy atom. The Hall–Kier alpha value is -3.14. The fourth-order valence-corrected chi connectivity index (χ4v) is 3.10. The van der Waals surface area contributed by atoms with E-state index in [2.05, 4.69) is 23.2 Å². The van der Waals surface area contributed by atoms with Crippen LogP contribution in [0.5, 0.6) is 11.5 Å². The van der Waals surface area contributed by atoms with Crippen molar-refractivity contribution < 1.29 is 9.47 Å². The highest BCUT2D eigenvalue weighted by molar-refractivity contribution is 5.88. The van der Waals surface area contributed by atoms with E-state index in [0.717, 1.165) is 32.9 Å². The van der Waals surface area contributed by atoms with Gasteiger partial charge in [0.1, 0.15) is 0 Å². The summed E-state index contributed by atoms with van der Waals surface area (Å²) < 4.78 is 10.8. The Bertz CT molecular complexity index is 1060. The van der Waals surface area contributed by atoms with E-state index in [1.165, 1.54) is 0 Å². The first-order valence-corrected chi connectivity index (χ1v) is 8.12. The molecule has 0 fully saturated rings. The molecule has 4 heteroatoms. The number of hydrogen-bond acceptors (Lipinski definition) is 4. The second-order valence-corrected chi connectivity index (χ2v) is 5.90. The van der Waals surface area contributed by atoms with Gasteiger partial charge in [0.25, 0.3) is 0 Å². The molecular formula is C22H22N2O2. The first kappa shape index (κ1) is 17.7. The summed E-state index contributed by atoms with van der Waals surface area (Å²) in [5, 5.41) is 3.27. The molecule has 0 aliphatic heterocycles. The maximum absolute atomic E-state index is 5.45. The summed E-state index contributed by atoms with van der Waals surface area (Å²) in [4.78, 5) is 9.15. The molecule has 4 nitrogen and oxygen atoms in total. The Kier molecular flexibility index (Phi) is 5.03. The van der Waals surface area contributed by atoms with Crippen molar-refractivity contribution in [2.75, 3.05) is 14.2 Å². The van der Waals surface area contributed by atoms with Crippen LogP contribution in [0.25, 0.3) is 21.7 Å². The highest BCUT2D eigenvalue weighted by Crippen LogP contribution is 2.33. The minimum atomic E-state index is 0. The number of para-hydroxylation sites is 1. The van der Waals surface area contributed by atoms with Gasteiger partial charge in [0.2, 0.25) is 0 Å². The maximum Gasteiger partial charge on any atom is 0.161 e. The smallest absolute Gasteiger partial charge is 0.161 e. The SMILES string of the molecule is C.COc1cc2cncc(Cc3ccc4ccccc4n3)c2cc1OC. The van der Waals surface area contributed by atoms with Crippen LogP contribution in [-0.2, 0) is 6.42 Å². The zero-order valence-electron chi connectivity index (χ0n) is 14.2. The number of ether oxygens (including phenoxy) is 2. The Morgan fingerprint density at radius 1 is 0.846 bits per heavy atom. The first-order valence-electron chi connectivity index (χ1n) is 8.12. The number of hydrogen-bond donors (Lipinski definition) is 0. The van der Waals surface area contributed by atoms with Crippen LogP contribution in [0.2, 0.25) is 0 Å². The Morgan fingerprint density at radius 3 is 2.42 bits per heavy atom. The number of nitrogens with zero attached hydrogens (tertiary/aromatic N) is 2. The Balaban J connectivity index is 0.00000196. The second-order valence-electron chi connectivity index (χ2n) is 5.90. The molecule has 2 heterocycles. The first-order chi connectivity index (χ1) is 12.3. The van der Waals surface area contributed by atoms with Crippen LogP contribution in [0.1, 0.15) is 18.7 Å².